The molecule has 0 unspecified atom stereocenters. The van der Waals surface area contributed by atoms with Gasteiger partial charge in [0.25, 0.3) is 0 Å². The Bertz CT molecular complexity index is 873. The van der Waals surface area contributed by atoms with Crippen LogP contribution < -0.4 is 15.2 Å². The summed E-state index contributed by atoms with van der Waals surface area (Å²) in [7, 11) is 3.17. The molecule has 116 valence electrons. The Morgan fingerprint density at radius 2 is 1.74 bits per heavy atom. The molecule has 1 N–H and O–H groups in total. The van der Waals surface area contributed by atoms with Crippen LogP contribution in [0.4, 0.5) is 0 Å². The van der Waals surface area contributed by atoms with E-state index in [1.54, 1.807) is 20.3 Å². The SMILES string of the molecule is COc1ccc(-c2cc(-c3ccccc3)nc(=O)[nH]2)c(OC)c1. The third-order valence-corrected chi connectivity index (χ3v) is 3.51. The summed E-state index contributed by atoms with van der Waals surface area (Å²) in [6.07, 6.45) is 0. The maximum atomic E-state index is 11.9. The lowest BCUT2D eigenvalue weighted by atomic mass is 10.1. The van der Waals surface area contributed by atoms with Crippen LogP contribution in [0.25, 0.3) is 22.5 Å². The Kier molecular flexibility index (Phi) is 4.10. The number of aromatic amines is 1. The van der Waals surface area contributed by atoms with E-state index in [-0.39, 0.29) is 0 Å². The van der Waals surface area contributed by atoms with Gasteiger partial charge in [-0.2, -0.15) is 4.98 Å². The number of nitrogens with zero attached hydrogens (tertiary/aromatic N) is 1. The fourth-order valence-corrected chi connectivity index (χ4v) is 2.38. The summed E-state index contributed by atoms with van der Waals surface area (Å²) in [6, 6.07) is 16.8. The van der Waals surface area contributed by atoms with Crippen molar-refractivity contribution in [2.75, 3.05) is 14.2 Å². The summed E-state index contributed by atoms with van der Waals surface area (Å²) >= 11 is 0. The Hall–Kier alpha value is -3.08. The lowest BCUT2D eigenvalue weighted by Gasteiger charge is -2.11. The molecule has 0 radical (unpaired) electrons. The first-order valence-electron chi connectivity index (χ1n) is 7.10. The van der Waals surface area contributed by atoms with Crippen LogP contribution >= 0.6 is 0 Å². The van der Waals surface area contributed by atoms with E-state index in [9.17, 15) is 4.79 Å². The van der Waals surface area contributed by atoms with Crippen LogP contribution in [-0.4, -0.2) is 24.2 Å². The monoisotopic (exact) mass is 308 g/mol. The van der Waals surface area contributed by atoms with Crippen molar-refractivity contribution in [2.24, 2.45) is 0 Å². The van der Waals surface area contributed by atoms with Gasteiger partial charge in [0.1, 0.15) is 11.5 Å². The fourth-order valence-electron chi connectivity index (χ4n) is 2.38. The Morgan fingerprint density at radius 3 is 2.43 bits per heavy atom. The third-order valence-electron chi connectivity index (χ3n) is 3.51. The van der Waals surface area contributed by atoms with Crippen LogP contribution in [0.2, 0.25) is 0 Å². The number of nitrogens with one attached hydrogen (secondary N) is 1. The molecule has 0 amide bonds. The standard InChI is InChI=1S/C18H16N2O3/c1-22-13-8-9-14(17(10-13)23-2)16-11-15(19-18(21)20-16)12-6-4-3-5-7-12/h3-11H,1-2H3,(H,19,20,21). The molecule has 1 aromatic heterocycles. The van der Waals surface area contributed by atoms with Gasteiger partial charge in [0.15, 0.2) is 0 Å². The van der Waals surface area contributed by atoms with Gasteiger partial charge in [0, 0.05) is 17.2 Å². The van der Waals surface area contributed by atoms with E-state index in [4.69, 9.17) is 9.47 Å². The number of hydrogen-bond acceptors (Lipinski definition) is 4. The van der Waals surface area contributed by atoms with E-state index in [1.165, 1.54) is 0 Å². The maximum absolute atomic E-state index is 11.9. The molecule has 1 heterocycles. The molecule has 0 aliphatic heterocycles. The fraction of sp³-hybridized carbons (Fsp3) is 0.111. The maximum Gasteiger partial charge on any atom is 0.345 e. The number of ether oxygens (including phenoxy) is 2. The van der Waals surface area contributed by atoms with Gasteiger partial charge in [-0.05, 0) is 18.2 Å². The van der Waals surface area contributed by atoms with E-state index in [1.807, 2.05) is 48.5 Å². The first kappa shape index (κ1) is 14.8. The summed E-state index contributed by atoms with van der Waals surface area (Å²) < 4.78 is 10.6. The van der Waals surface area contributed by atoms with Crippen LogP contribution in [0, 0.1) is 0 Å². The average molecular weight is 308 g/mol. The van der Waals surface area contributed by atoms with Crippen LogP contribution in [0.5, 0.6) is 11.5 Å². The molecule has 0 aliphatic carbocycles. The zero-order valence-corrected chi connectivity index (χ0v) is 12.9. The zero-order chi connectivity index (χ0) is 16.2. The van der Waals surface area contributed by atoms with Gasteiger partial charge in [0.05, 0.1) is 25.6 Å². The number of rotatable bonds is 4. The minimum atomic E-state index is -0.403. The average Bonchev–Trinajstić information content (AvgIpc) is 2.61. The van der Waals surface area contributed by atoms with Gasteiger partial charge in [-0.3, -0.25) is 0 Å². The van der Waals surface area contributed by atoms with Gasteiger partial charge in [-0.15, -0.1) is 0 Å². The smallest absolute Gasteiger partial charge is 0.345 e. The molecule has 0 spiro atoms. The van der Waals surface area contributed by atoms with E-state index < -0.39 is 5.69 Å². The first-order chi connectivity index (χ1) is 11.2. The summed E-state index contributed by atoms with van der Waals surface area (Å²) in [5, 5.41) is 0. The predicted octanol–water partition coefficient (Wildman–Crippen LogP) is 3.12. The molecule has 3 aromatic rings. The second-order valence-corrected chi connectivity index (χ2v) is 4.92. The van der Waals surface area contributed by atoms with E-state index >= 15 is 0 Å². The number of H-pyrrole nitrogens is 1. The molecule has 2 aromatic carbocycles. The van der Waals surface area contributed by atoms with Gasteiger partial charge < -0.3 is 14.5 Å². The second kappa shape index (κ2) is 6.36. The van der Waals surface area contributed by atoms with Crippen molar-refractivity contribution in [1.82, 2.24) is 9.97 Å². The van der Waals surface area contributed by atoms with Crippen LogP contribution in [0.1, 0.15) is 0 Å². The number of hydrogen-bond donors (Lipinski definition) is 1. The van der Waals surface area contributed by atoms with Crippen LogP contribution in [-0.2, 0) is 0 Å². The van der Waals surface area contributed by atoms with Gasteiger partial charge in [0.2, 0.25) is 0 Å². The number of benzene rings is 2. The molecule has 0 saturated carbocycles. The molecule has 5 heteroatoms. The third kappa shape index (κ3) is 3.08. The van der Waals surface area contributed by atoms with E-state index in [2.05, 4.69) is 9.97 Å². The number of methoxy groups -OCH3 is 2. The van der Waals surface area contributed by atoms with Crippen molar-refractivity contribution in [2.45, 2.75) is 0 Å². The second-order valence-electron chi connectivity index (χ2n) is 4.92. The summed E-state index contributed by atoms with van der Waals surface area (Å²) in [6.45, 7) is 0. The zero-order valence-electron chi connectivity index (χ0n) is 12.9. The highest BCUT2D eigenvalue weighted by Gasteiger charge is 2.11. The van der Waals surface area contributed by atoms with Crippen LogP contribution in [0.15, 0.2) is 59.4 Å². The van der Waals surface area contributed by atoms with E-state index in [0.29, 0.717) is 22.9 Å². The molecule has 0 aliphatic rings. The molecular formula is C18H16N2O3. The van der Waals surface area contributed by atoms with E-state index in [0.717, 1.165) is 11.1 Å². The van der Waals surface area contributed by atoms with Crippen LogP contribution in [0.3, 0.4) is 0 Å². The largest absolute Gasteiger partial charge is 0.497 e. The summed E-state index contributed by atoms with van der Waals surface area (Å²) in [5.41, 5.74) is 2.50. The molecule has 23 heavy (non-hydrogen) atoms. The van der Waals surface area contributed by atoms with Crippen molar-refractivity contribution in [1.29, 1.82) is 0 Å². The Labute approximate surface area is 133 Å². The molecule has 5 nitrogen and oxygen atoms in total. The minimum absolute atomic E-state index is 0.403. The quantitative estimate of drug-likeness (QED) is 0.804. The molecule has 0 atom stereocenters. The van der Waals surface area contributed by atoms with Gasteiger partial charge in [-0.25, -0.2) is 4.79 Å². The highest BCUT2D eigenvalue weighted by Crippen LogP contribution is 2.32. The Morgan fingerprint density at radius 1 is 0.957 bits per heavy atom. The van der Waals surface area contributed by atoms with Crippen molar-refractivity contribution in [3.63, 3.8) is 0 Å². The van der Waals surface area contributed by atoms with Crippen molar-refractivity contribution in [3.05, 3.63) is 65.1 Å². The lowest BCUT2D eigenvalue weighted by molar-refractivity contribution is 0.395. The van der Waals surface area contributed by atoms with Gasteiger partial charge in [-0.1, -0.05) is 30.3 Å². The molecule has 0 bridgehead atoms. The predicted molar refractivity (Wildman–Crippen MR) is 88.8 cm³/mol. The lowest BCUT2D eigenvalue weighted by Crippen LogP contribution is -2.12. The molecular weight excluding hydrogens is 292 g/mol. The highest BCUT2D eigenvalue weighted by molar-refractivity contribution is 5.72. The Balaban J connectivity index is 2.14. The minimum Gasteiger partial charge on any atom is -0.497 e. The summed E-state index contributed by atoms with van der Waals surface area (Å²) in [4.78, 5) is 18.7. The van der Waals surface area contributed by atoms with Crippen molar-refractivity contribution < 1.29 is 9.47 Å². The summed E-state index contributed by atoms with van der Waals surface area (Å²) in [5.74, 6) is 1.30. The molecule has 0 saturated heterocycles. The van der Waals surface area contributed by atoms with Crippen molar-refractivity contribution >= 4 is 0 Å². The normalized spacial score (nSPS) is 10.3. The topological polar surface area (TPSA) is 64.2 Å². The van der Waals surface area contributed by atoms with Gasteiger partial charge >= 0.3 is 5.69 Å². The first-order valence-corrected chi connectivity index (χ1v) is 7.10. The molecule has 0 fully saturated rings. The molecule has 3 rings (SSSR count). The van der Waals surface area contributed by atoms with Crippen molar-refractivity contribution in [3.8, 4) is 34.0 Å². The highest BCUT2D eigenvalue weighted by atomic mass is 16.5. The number of aromatic nitrogens is 2.